The van der Waals surface area contributed by atoms with Crippen molar-refractivity contribution in [2.75, 3.05) is 13.2 Å². The average molecular weight is 887 g/mol. The number of ether oxygens (including phenoxy) is 3. The van der Waals surface area contributed by atoms with Gasteiger partial charge in [0.15, 0.2) is 6.10 Å². The largest absolute Gasteiger partial charge is 0.462 e. The second-order valence-electron chi connectivity index (χ2n) is 16.8. The first-order valence-corrected chi connectivity index (χ1v) is 25.9. The highest BCUT2D eigenvalue weighted by molar-refractivity contribution is 5.71. The third kappa shape index (κ3) is 49.1. The molecule has 0 aliphatic heterocycles. The zero-order chi connectivity index (χ0) is 46.5. The lowest BCUT2D eigenvalue weighted by molar-refractivity contribution is -0.167. The molecule has 1 unspecified atom stereocenters. The summed E-state index contributed by atoms with van der Waals surface area (Å²) < 4.78 is 16.7. The monoisotopic (exact) mass is 887 g/mol. The number of allylic oxidation sites excluding steroid dienone is 18. The average Bonchev–Trinajstić information content (AvgIpc) is 3.29. The third-order valence-corrected chi connectivity index (χ3v) is 10.6. The highest BCUT2D eigenvalue weighted by atomic mass is 16.6. The zero-order valence-electron chi connectivity index (χ0n) is 41.3. The van der Waals surface area contributed by atoms with Crippen molar-refractivity contribution in [2.45, 2.75) is 226 Å². The Labute approximate surface area is 393 Å². The second-order valence-corrected chi connectivity index (χ2v) is 16.8. The maximum atomic E-state index is 12.8. The summed E-state index contributed by atoms with van der Waals surface area (Å²) in [5, 5.41) is 0. The summed E-state index contributed by atoms with van der Waals surface area (Å²) in [6.45, 7) is 6.44. The maximum Gasteiger partial charge on any atom is 0.306 e. The van der Waals surface area contributed by atoms with Crippen molar-refractivity contribution >= 4 is 17.9 Å². The Morgan fingerprint density at radius 2 is 0.656 bits per heavy atom. The lowest BCUT2D eigenvalue weighted by Crippen LogP contribution is -2.30. The first-order valence-electron chi connectivity index (χ1n) is 25.9. The Morgan fingerprint density at radius 3 is 1.12 bits per heavy atom. The molecule has 0 fully saturated rings. The Bertz CT molecular complexity index is 1340. The highest BCUT2D eigenvalue weighted by Gasteiger charge is 2.19. The topological polar surface area (TPSA) is 78.9 Å². The number of hydrogen-bond acceptors (Lipinski definition) is 6. The van der Waals surface area contributed by atoms with E-state index in [1.165, 1.54) is 70.6 Å². The summed E-state index contributed by atoms with van der Waals surface area (Å²) >= 11 is 0. The Hall–Kier alpha value is -3.93. The van der Waals surface area contributed by atoms with Crippen LogP contribution in [0, 0.1) is 0 Å². The normalized spacial score (nSPS) is 13.0. The fraction of sp³-hybridized carbons (Fsp3) is 0.638. The fourth-order valence-corrected chi connectivity index (χ4v) is 6.60. The van der Waals surface area contributed by atoms with Crippen LogP contribution in [-0.2, 0) is 28.6 Å². The van der Waals surface area contributed by atoms with Crippen LogP contribution < -0.4 is 0 Å². The van der Waals surface area contributed by atoms with E-state index in [2.05, 4.69) is 130 Å². The summed E-state index contributed by atoms with van der Waals surface area (Å²) in [5.41, 5.74) is 0. The van der Waals surface area contributed by atoms with Gasteiger partial charge in [0.05, 0.1) is 0 Å². The lowest BCUT2D eigenvalue weighted by atomic mass is 10.1. The minimum absolute atomic E-state index is 0.114. The molecule has 0 saturated carbocycles. The van der Waals surface area contributed by atoms with Crippen molar-refractivity contribution in [2.24, 2.45) is 0 Å². The van der Waals surface area contributed by atoms with Crippen LogP contribution in [0.4, 0.5) is 0 Å². The molecule has 0 aliphatic carbocycles. The van der Waals surface area contributed by atoms with Crippen molar-refractivity contribution in [3.05, 3.63) is 109 Å². The van der Waals surface area contributed by atoms with Crippen LogP contribution in [-0.4, -0.2) is 37.2 Å². The summed E-state index contributed by atoms with van der Waals surface area (Å²) in [7, 11) is 0. The van der Waals surface area contributed by atoms with Gasteiger partial charge in [-0.3, -0.25) is 14.4 Å². The van der Waals surface area contributed by atoms with Gasteiger partial charge in [0, 0.05) is 19.3 Å². The molecule has 0 aromatic heterocycles. The van der Waals surface area contributed by atoms with Gasteiger partial charge in [-0.05, 0) is 103 Å². The number of rotatable bonds is 45. The van der Waals surface area contributed by atoms with Crippen molar-refractivity contribution in [3.8, 4) is 0 Å². The molecule has 0 aromatic rings. The van der Waals surface area contributed by atoms with E-state index in [1.807, 2.05) is 0 Å². The van der Waals surface area contributed by atoms with Gasteiger partial charge in [-0.2, -0.15) is 0 Å². The number of carbonyl (C=O) groups is 3. The van der Waals surface area contributed by atoms with E-state index in [0.717, 1.165) is 103 Å². The minimum Gasteiger partial charge on any atom is -0.462 e. The van der Waals surface area contributed by atoms with E-state index in [-0.39, 0.29) is 37.5 Å². The molecule has 0 heterocycles. The van der Waals surface area contributed by atoms with E-state index in [9.17, 15) is 14.4 Å². The molecular formula is C58H94O6. The maximum absolute atomic E-state index is 12.8. The number of hydrogen-bond donors (Lipinski definition) is 0. The first-order chi connectivity index (χ1) is 31.5. The van der Waals surface area contributed by atoms with Gasteiger partial charge in [0.1, 0.15) is 13.2 Å². The van der Waals surface area contributed by atoms with Crippen molar-refractivity contribution in [1.29, 1.82) is 0 Å². The van der Waals surface area contributed by atoms with E-state index in [4.69, 9.17) is 14.2 Å². The van der Waals surface area contributed by atoms with Crippen LogP contribution in [0.15, 0.2) is 109 Å². The fourth-order valence-electron chi connectivity index (χ4n) is 6.60. The Balaban J connectivity index is 4.54. The molecule has 0 spiro atoms. The molecular weight excluding hydrogens is 793 g/mol. The molecule has 1 atom stereocenters. The van der Waals surface area contributed by atoms with Crippen molar-refractivity contribution < 1.29 is 28.6 Å². The number of unbranched alkanes of at least 4 members (excludes halogenated alkanes) is 19. The quantitative estimate of drug-likeness (QED) is 0.0199. The molecule has 0 aromatic carbocycles. The lowest BCUT2D eigenvalue weighted by Gasteiger charge is -2.18. The van der Waals surface area contributed by atoms with Gasteiger partial charge in [0.2, 0.25) is 0 Å². The predicted octanol–water partition coefficient (Wildman–Crippen LogP) is 17.1. The number of esters is 3. The standard InChI is InChI=1S/C58H94O6/c1-4-7-10-13-16-19-22-24-26-28-30-31-33-36-39-42-45-48-51-57(60)63-54-55(53-62-56(59)50-47-44-41-38-35-21-18-15-12-9-6-3)64-58(61)52-49-46-43-40-37-34-32-29-27-25-23-20-17-14-11-8-5-2/h15-20,22,24-28,30-32,34,40,43,55H,4-14,21,23,29,33,35-39,41-42,44-54H2,1-3H3/b18-15-,19-16-,20-17-,24-22-,27-25-,28-26-,31-30-,34-32-,43-40-. The van der Waals surface area contributed by atoms with E-state index >= 15 is 0 Å². The van der Waals surface area contributed by atoms with Crippen LogP contribution in [0.25, 0.3) is 0 Å². The highest BCUT2D eigenvalue weighted by Crippen LogP contribution is 2.12. The summed E-state index contributed by atoms with van der Waals surface area (Å²) in [6, 6.07) is 0. The third-order valence-electron chi connectivity index (χ3n) is 10.6. The van der Waals surface area contributed by atoms with Gasteiger partial charge < -0.3 is 14.2 Å². The van der Waals surface area contributed by atoms with E-state index < -0.39 is 6.10 Å². The second kappa shape index (κ2) is 51.7. The Morgan fingerprint density at radius 1 is 0.328 bits per heavy atom. The van der Waals surface area contributed by atoms with E-state index in [0.29, 0.717) is 19.3 Å². The van der Waals surface area contributed by atoms with Crippen molar-refractivity contribution in [1.82, 2.24) is 0 Å². The number of carbonyl (C=O) groups excluding carboxylic acids is 3. The molecule has 0 N–H and O–H groups in total. The zero-order valence-corrected chi connectivity index (χ0v) is 41.3. The molecule has 6 nitrogen and oxygen atoms in total. The smallest absolute Gasteiger partial charge is 0.306 e. The van der Waals surface area contributed by atoms with Crippen LogP contribution in [0.3, 0.4) is 0 Å². The Kier molecular flexibility index (Phi) is 48.5. The van der Waals surface area contributed by atoms with E-state index in [1.54, 1.807) is 0 Å². The molecule has 0 amide bonds. The molecule has 0 aliphatic rings. The summed E-state index contributed by atoms with van der Waals surface area (Å²) in [4.78, 5) is 37.9. The van der Waals surface area contributed by atoms with Gasteiger partial charge >= 0.3 is 17.9 Å². The molecule has 6 heteroatoms. The van der Waals surface area contributed by atoms with Crippen LogP contribution >= 0.6 is 0 Å². The van der Waals surface area contributed by atoms with Gasteiger partial charge in [-0.15, -0.1) is 0 Å². The van der Waals surface area contributed by atoms with Crippen molar-refractivity contribution in [3.63, 3.8) is 0 Å². The predicted molar refractivity (Wildman–Crippen MR) is 274 cm³/mol. The van der Waals surface area contributed by atoms with Gasteiger partial charge in [0.25, 0.3) is 0 Å². The molecule has 64 heavy (non-hydrogen) atoms. The molecule has 362 valence electrons. The van der Waals surface area contributed by atoms with Gasteiger partial charge in [-0.1, -0.05) is 207 Å². The molecule has 0 bridgehead atoms. The van der Waals surface area contributed by atoms with Gasteiger partial charge in [-0.25, -0.2) is 0 Å². The summed E-state index contributed by atoms with van der Waals surface area (Å²) in [6.07, 6.45) is 69.3. The minimum atomic E-state index is -0.821. The molecule has 0 rings (SSSR count). The first kappa shape index (κ1) is 60.1. The SMILES string of the molecule is CCCC/C=C\CCCCCCCC(=O)OCC(COC(=O)CCCCCCC\C=C/C=C\C=C/C=C\CCCCC)OC(=O)CCC/C=C\C/C=C\C/C=C\C/C=C\CCCCC. The van der Waals surface area contributed by atoms with Crippen LogP contribution in [0.2, 0.25) is 0 Å². The molecule has 0 saturated heterocycles. The summed E-state index contributed by atoms with van der Waals surface area (Å²) in [5.74, 6) is -1.01. The van der Waals surface area contributed by atoms with Crippen LogP contribution in [0.5, 0.6) is 0 Å². The van der Waals surface area contributed by atoms with Crippen LogP contribution in [0.1, 0.15) is 220 Å². The molecule has 0 radical (unpaired) electrons.